The highest BCUT2D eigenvalue weighted by Crippen LogP contribution is 2.40. The fraction of sp³-hybridized carbons (Fsp3) is 0.632. The van der Waals surface area contributed by atoms with Gasteiger partial charge in [-0.05, 0) is 71.6 Å². The summed E-state index contributed by atoms with van der Waals surface area (Å²) < 4.78 is 5.24. The Labute approximate surface area is 150 Å². The van der Waals surface area contributed by atoms with E-state index in [4.69, 9.17) is 21.2 Å². The van der Waals surface area contributed by atoms with Crippen molar-refractivity contribution in [2.75, 3.05) is 6.61 Å². The van der Waals surface area contributed by atoms with Crippen LogP contribution in [0.15, 0.2) is 24.3 Å². The molecule has 0 bridgehead atoms. The molecule has 0 saturated carbocycles. The lowest BCUT2D eigenvalue weighted by atomic mass is 9.82. The average Bonchev–Trinajstić information content (AvgIpc) is 2.47. The normalized spacial score (nSPS) is 21.2. The third-order valence-corrected chi connectivity index (χ3v) is 4.81. The smallest absolute Gasteiger partial charge is 0.342 e. The first kappa shape index (κ1) is 19.2. The van der Waals surface area contributed by atoms with E-state index in [-0.39, 0.29) is 17.0 Å². The molecular formula is C19H28ClNO3. The van der Waals surface area contributed by atoms with E-state index < -0.39 is 6.10 Å². The third-order valence-electron chi connectivity index (χ3n) is 4.56. The summed E-state index contributed by atoms with van der Waals surface area (Å²) in [6.07, 6.45) is 2.39. The fourth-order valence-corrected chi connectivity index (χ4v) is 3.59. The minimum absolute atomic E-state index is 0.154. The van der Waals surface area contributed by atoms with Crippen molar-refractivity contribution >= 4 is 17.6 Å². The molecule has 1 aromatic rings. The number of halogens is 1. The molecule has 134 valence electrons. The van der Waals surface area contributed by atoms with Crippen molar-refractivity contribution in [2.24, 2.45) is 0 Å². The van der Waals surface area contributed by atoms with E-state index in [1.165, 1.54) is 0 Å². The maximum Gasteiger partial charge on any atom is 0.342 e. The molecule has 0 spiro atoms. The van der Waals surface area contributed by atoms with Gasteiger partial charge in [-0.1, -0.05) is 23.7 Å². The maximum atomic E-state index is 12.5. The molecule has 1 aromatic carbocycles. The zero-order valence-corrected chi connectivity index (χ0v) is 16.0. The van der Waals surface area contributed by atoms with Crippen LogP contribution in [0.25, 0.3) is 0 Å². The van der Waals surface area contributed by atoms with Gasteiger partial charge in [-0.2, -0.15) is 5.06 Å². The molecule has 1 fully saturated rings. The summed E-state index contributed by atoms with van der Waals surface area (Å²) in [7, 11) is 0. The second-order valence-electron chi connectivity index (χ2n) is 7.56. The van der Waals surface area contributed by atoms with Crippen LogP contribution in [0.5, 0.6) is 0 Å². The molecule has 1 aliphatic rings. The number of hydrogen-bond acceptors (Lipinski definition) is 4. The van der Waals surface area contributed by atoms with Gasteiger partial charge in [-0.15, -0.1) is 0 Å². The number of benzene rings is 1. The standard InChI is InChI=1S/C19H28ClNO3/c1-6-23-17(22)16(14-8-10-15(20)11-9-14)24-21-18(2,3)12-7-13-19(21,4)5/h8-11,16H,6-7,12-13H2,1-5H3. The van der Waals surface area contributed by atoms with E-state index in [1.807, 2.05) is 17.2 Å². The quantitative estimate of drug-likeness (QED) is 0.704. The Hall–Kier alpha value is -1.10. The number of carbonyl (C=O) groups excluding carboxylic acids is 1. The molecule has 1 saturated heterocycles. The predicted octanol–water partition coefficient (Wildman–Crippen LogP) is 4.92. The molecule has 1 unspecified atom stereocenters. The molecule has 4 nitrogen and oxygen atoms in total. The van der Waals surface area contributed by atoms with E-state index in [0.717, 1.165) is 24.8 Å². The highest BCUT2D eigenvalue weighted by molar-refractivity contribution is 6.30. The third kappa shape index (κ3) is 4.29. The lowest BCUT2D eigenvalue weighted by Crippen LogP contribution is -2.58. The second-order valence-corrected chi connectivity index (χ2v) is 8.00. The summed E-state index contributed by atoms with van der Waals surface area (Å²) >= 11 is 5.97. The van der Waals surface area contributed by atoms with Gasteiger partial charge in [0.15, 0.2) is 0 Å². The van der Waals surface area contributed by atoms with E-state index in [2.05, 4.69) is 27.7 Å². The Balaban J connectivity index is 2.33. The van der Waals surface area contributed by atoms with Gasteiger partial charge in [-0.3, -0.25) is 4.84 Å². The van der Waals surface area contributed by atoms with Crippen LogP contribution in [0.1, 0.15) is 65.5 Å². The van der Waals surface area contributed by atoms with Crippen LogP contribution >= 0.6 is 11.6 Å². The number of rotatable bonds is 5. The van der Waals surface area contributed by atoms with Crippen molar-refractivity contribution in [2.45, 2.75) is 71.1 Å². The van der Waals surface area contributed by atoms with Gasteiger partial charge in [0.05, 0.1) is 6.61 Å². The van der Waals surface area contributed by atoms with Crippen molar-refractivity contribution in [1.82, 2.24) is 5.06 Å². The fourth-order valence-electron chi connectivity index (χ4n) is 3.46. The molecular weight excluding hydrogens is 326 g/mol. The molecule has 1 atom stereocenters. The van der Waals surface area contributed by atoms with Crippen LogP contribution in [0, 0.1) is 0 Å². The van der Waals surface area contributed by atoms with Crippen LogP contribution in [0.3, 0.4) is 0 Å². The molecule has 2 rings (SSSR count). The summed E-state index contributed by atoms with van der Waals surface area (Å²) in [6, 6.07) is 7.15. The molecule has 1 aliphatic heterocycles. The van der Waals surface area contributed by atoms with Gasteiger partial charge in [-0.25, -0.2) is 4.79 Å². The summed E-state index contributed by atoms with van der Waals surface area (Å²) in [5, 5.41) is 2.61. The first-order valence-electron chi connectivity index (χ1n) is 8.56. The van der Waals surface area contributed by atoms with Gasteiger partial charge >= 0.3 is 5.97 Å². The topological polar surface area (TPSA) is 38.8 Å². The van der Waals surface area contributed by atoms with Gasteiger partial charge in [0, 0.05) is 16.1 Å². The second kappa shape index (κ2) is 7.42. The molecule has 0 aliphatic carbocycles. The first-order valence-corrected chi connectivity index (χ1v) is 8.94. The number of piperidine rings is 1. The molecule has 1 heterocycles. The summed E-state index contributed by atoms with van der Waals surface area (Å²) in [4.78, 5) is 18.8. The zero-order valence-electron chi connectivity index (χ0n) is 15.3. The van der Waals surface area contributed by atoms with Crippen molar-refractivity contribution in [3.05, 3.63) is 34.9 Å². The SMILES string of the molecule is CCOC(=O)C(ON1C(C)(C)CCCC1(C)C)c1ccc(Cl)cc1. The number of hydroxylamine groups is 2. The Morgan fingerprint density at radius 2 is 1.71 bits per heavy atom. The maximum absolute atomic E-state index is 12.5. The minimum atomic E-state index is -0.793. The van der Waals surface area contributed by atoms with Gasteiger partial charge in [0.25, 0.3) is 0 Å². The van der Waals surface area contributed by atoms with E-state index in [0.29, 0.717) is 11.6 Å². The monoisotopic (exact) mass is 353 g/mol. The molecule has 5 heteroatoms. The first-order chi connectivity index (χ1) is 11.2. The molecule has 24 heavy (non-hydrogen) atoms. The van der Waals surface area contributed by atoms with Crippen molar-refractivity contribution in [1.29, 1.82) is 0 Å². The van der Waals surface area contributed by atoms with Crippen LogP contribution < -0.4 is 0 Å². The number of nitrogens with zero attached hydrogens (tertiary/aromatic N) is 1. The minimum Gasteiger partial charge on any atom is -0.464 e. The summed E-state index contributed by atoms with van der Waals surface area (Å²) in [5.41, 5.74) is 0.438. The van der Waals surface area contributed by atoms with Crippen LogP contribution in [0.2, 0.25) is 5.02 Å². The Bertz CT molecular complexity index is 552. The van der Waals surface area contributed by atoms with Crippen molar-refractivity contribution in [3.63, 3.8) is 0 Å². The van der Waals surface area contributed by atoms with Crippen molar-refractivity contribution in [3.8, 4) is 0 Å². The van der Waals surface area contributed by atoms with E-state index >= 15 is 0 Å². The molecule has 0 amide bonds. The van der Waals surface area contributed by atoms with Crippen LogP contribution in [-0.4, -0.2) is 28.7 Å². The molecule has 0 N–H and O–H groups in total. The number of esters is 1. The highest BCUT2D eigenvalue weighted by atomic mass is 35.5. The Morgan fingerprint density at radius 1 is 1.17 bits per heavy atom. The lowest BCUT2D eigenvalue weighted by molar-refractivity contribution is -0.304. The summed E-state index contributed by atoms with van der Waals surface area (Å²) in [6.45, 7) is 10.7. The number of hydrogen-bond donors (Lipinski definition) is 0. The average molecular weight is 354 g/mol. The van der Waals surface area contributed by atoms with Gasteiger partial charge in [0.2, 0.25) is 6.10 Å². The predicted molar refractivity (Wildman–Crippen MR) is 95.8 cm³/mol. The number of ether oxygens (including phenoxy) is 1. The summed E-state index contributed by atoms with van der Waals surface area (Å²) in [5.74, 6) is -0.378. The lowest BCUT2D eigenvalue weighted by Gasteiger charge is -2.52. The van der Waals surface area contributed by atoms with Crippen LogP contribution in [0.4, 0.5) is 0 Å². The Kier molecular flexibility index (Phi) is 5.95. The zero-order chi connectivity index (χ0) is 18.0. The van der Waals surface area contributed by atoms with Crippen LogP contribution in [-0.2, 0) is 14.4 Å². The van der Waals surface area contributed by atoms with Gasteiger partial charge < -0.3 is 4.74 Å². The number of carbonyl (C=O) groups is 1. The van der Waals surface area contributed by atoms with Gasteiger partial charge in [0.1, 0.15) is 0 Å². The van der Waals surface area contributed by atoms with E-state index in [9.17, 15) is 4.79 Å². The Morgan fingerprint density at radius 3 is 2.21 bits per heavy atom. The molecule has 0 aromatic heterocycles. The molecule has 0 radical (unpaired) electrons. The van der Waals surface area contributed by atoms with Crippen molar-refractivity contribution < 1.29 is 14.4 Å². The van der Waals surface area contributed by atoms with E-state index in [1.54, 1.807) is 19.1 Å². The highest BCUT2D eigenvalue weighted by Gasteiger charge is 2.45. The largest absolute Gasteiger partial charge is 0.464 e.